The van der Waals surface area contributed by atoms with Crippen LogP contribution in [0, 0.1) is 11.8 Å². The van der Waals surface area contributed by atoms with Gasteiger partial charge in [-0.3, -0.25) is 0 Å². The summed E-state index contributed by atoms with van der Waals surface area (Å²) in [7, 11) is 0. The van der Waals surface area contributed by atoms with Gasteiger partial charge in [0.2, 0.25) is 5.82 Å². The first kappa shape index (κ1) is 27.6. The Hall–Kier alpha value is -3.00. The maximum absolute atomic E-state index is 15.1. The molecule has 1 aromatic carbocycles. The molecule has 0 aliphatic heterocycles. The third-order valence-electron chi connectivity index (χ3n) is 6.67. The molecule has 36 heavy (non-hydrogen) atoms. The lowest BCUT2D eigenvalue weighted by Gasteiger charge is -2.35. The van der Waals surface area contributed by atoms with Gasteiger partial charge in [-0.15, -0.1) is 0 Å². The van der Waals surface area contributed by atoms with Crippen molar-refractivity contribution in [2.24, 2.45) is 0 Å². The first-order valence-corrected chi connectivity index (χ1v) is 13.4. The quantitative estimate of drug-likeness (QED) is 0.209. The minimum Gasteiger partial charge on any atom is -0.494 e. The van der Waals surface area contributed by atoms with Gasteiger partial charge in [0.15, 0.2) is 6.17 Å². The van der Waals surface area contributed by atoms with Crippen LogP contribution in [0.15, 0.2) is 60.7 Å². The summed E-state index contributed by atoms with van der Waals surface area (Å²) in [6, 6.07) is 7.67. The molecule has 2 aromatic rings. The number of allylic oxidation sites excluding steroid dienone is 4. The number of hydrogen-bond acceptors (Lipinski definition) is 3. The monoisotopic (exact) mass is 492 g/mol. The van der Waals surface area contributed by atoms with Crippen molar-refractivity contribution in [3.63, 3.8) is 0 Å². The second-order valence-electron chi connectivity index (χ2n) is 9.46. The largest absolute Gasteiger partial charge is 0.494 e. The second-order valence-corrected chi connectivity index (χ2v) is 9.46. The molecule has 0 saturated heterocycles. The Morgan fingerprint density at radius 1 is 0.889 bits per heavy atom. The predicted molar refractivity (Wildman–Crippen MR) is 142 cm³/mol. The van der Waals surface area contributed by atoms with Crippen LogP contribution in [0.2, 0.25) is 0 Å². The number of rotatable bonds is 13. The fourth-order valence-corrected chi connectivity index (χ4v) is 4.46. The first-order chi connectivity index (χ1) is 17.6. The van der Waals surface area contributed by atoms with Crippen LogP contribution in [0.25, 0.3) is 0 Å². The number of aromatic nitrogens is 2. The van der Waals surface area contributed by atoms with Crippen molar-refractivity contribution in [1.82, 2.24) is 9.97 Å². The highest BCUT2D eigenvalue weighted by Gasteiger charge is 2.42. The summed E-state index contributed by atoms with van der Waals surface area (Å²) in [6.07, 6.45) is 16.6. The molecule has 3 nitrogen and oxygen atoms in total. The van der Waals surface area contributed by atoms with Crippen molar-refractivity contribution in [1.29, 1.82) is 0 Å². The van der Waals surface area contributed by atoms with E-state index in [1.807, 2.05) is 24.3 Å². The molecular weight excluding hydrogens is 454 g/mol. The Labute approximate surface area is 215 Å². The number of nitrogens with zero attached hydrogens (tertiary/aromatic N) is 2. The third kappa shape index (κ3) is 7.75. The minimum atomic E-state index is -1.73. The number of unbranched alkanes of at least 4 members (excludes halogenated alkanes) is 7. The lowest BCUT2D eigenvalue weighted by molar-refractivity contribution is 0.210. The summed E-state index contributed by atoms with van der Waals surface area (Å²) in [5.41, 5.74) is 0.325. The zero-order chi connectivity index (χ0) is 25.6. The molecule has 1 aliphatic carbocycles. The summed E-state index contributed by atoms with van der Waals surface area (Å²) < 4.78 is 35.1. The van der Waals surface area contributed by atoms with E-state index in [1.165, 1.54) is 38.2 Å². The number of halogens is 2. The highest BCUT2D eigenvalue weighted by atomic mass is 19.2. The van der Waals surface area contributed by atoms with Crippen molar-refractivity contribution in [2.75, 3.05) is 6.61 Å². The normalized spacial score (nSPS) is 18.9. The molecular formula is C31H38F2N2O. The van der Waals surface area contributed by atoms with Crippen LogP contribution in [0.5, 0.6) is 5.75 Å². The van der Waals surface area contributed by atoms with Crippen LogP contribution in [0.1, 0.15) is 95.0 Å². The van der Waals surface area contributed by atoms with Gasteiger partial charge in [0.1, 0.15) is 11.6 Å². The Balaban J connectivity index is 1.59. The molecule has 0 amide bonds. The molecule has 0 bridgehead atoms. The molecule has 192 valence electrons. The predicted octanol–water partition coefficient (Wildman–Crippen LogP) is 8.20. The number of benzene rings is 1. The van der Waals surface area contributed by atoms with Crippen LogP contribution < -0.4 is 4.74 Å². The van der Waals surface area contributed by atoms with Crippen molar-refractivity contribution < 1.29 is 13.5 Å². The molecule has 0 spiro atoms. The van der Waals surface area contributed by atoms with Crippen LogP contribution in [0.4, 0.5) is 8.78 Å². The fraction of sp³-hybridized carbons (Fsp3) is 0.484. The average Bonchev–Trinajstić information content (AvgIpc) is 2.90. The smallest absolute Gasteiger partial charge is 0.205 e. The van der Waals surface area contributed by atoms with E-state index in [4.69, 9.17) is 4.74 Å². The van der Waals surface area contributed by atoms with Gasteiger partial charge in [-0.1, -0.05) is 83.3 Å². The van der Waals surface area contributed by atoms with Gasteiger partial charge in [-0.05, 0) is 49.1 Å². The topological polar surface area (TPSA) is 35.0 Å². The standard InChI is InChI=1S/C31H38F2N2O/c1-3-5-7-8-9-11-22-36-27-17-14-25(15-18-27)16-19-29-34-23-26(24-35-29)31(20-10-6-4-2)21-12-13-28(32)30(31)33/h12-15,17-18,21,23-24,30H,3-11,20,22H2,1-2H3. The van der Waals surface area contributed by atoms with E-state index in [0.29, 0.717) is 17.8 Å². The highest BCUT2D eigenvalue weighted by Crippen LogP contribution is 2.42. The maximum atomic E-state index is 15.1. The van der Waals surface area contributed by atoms with Crippen molar-refractivity contribution in [3.8, 4) is 17.6 Å². The van der Waals surface area contributed by atoms with E-state index >= 15 is 4.39 Å². The fourth-order valence-electron chi connectivity index (χ4n) is 4.46. The zero-order valence-electron chi connectivity index (χ0n) is 21.6. The molecule has 1 aliphatic rings. The molecule has 2 unspecified atom stereocenters. The molecule has 0 saturated carbocycles. The van der Waals surface area contributed by atoms with Crippen molar-refractivity contribution in [3.05, 3.63) is 77.7 Å². The molecule has 1 aromatic heterocycles. The summed E-state index contributed by atoms with van der Waals surface area (Å²) in [5, 5.41) is 0. The lowest BCUT2D eigenvalue weighted by atomic mass is 9.71. The molecule has 1 heterocycles. The number of alkyl halides is 1. The van der Waals surface area contributed by atoms with E-state index in [1.54, 1.807) is 24.5 Å². The van der Waals surface area contributed by atoms with E-state index in [9.17, 15) is 4.39 Å². The molecule has 0 radical (unpaired) electrons. The van der Waals surface area contributed by atoms with Gasteiger partial charge >= 0.3 is 0 Å². The third-order valence-corrected chi connectivity index (χ3v) is 6.67. The lowest BCUT2D eigenvalue weighted by Crippen LogP contribution is -2.37. The Morgan fingerprint density at radius 2 is 1.56 bits per heavy atom. The van der Waals surface area contributed by atoms with Crippen LogP contribution in [-0.4, -0.2) is 22.7 Å². The first-order valence-electron chi connectivity index (χ1n) is 13.4. The Bertz CT molecular complexity index is 1050. The Morgan fingerprint density at radius 3 is 2.28 bits per heavy atom. The van der Waals surface area contributed by atoms with E-state index in [2.05, 4.69) is 35.7 Å². The maximum Gasteiger partial charge on any atom is 0.205 e. The summed E-state index contributed by atoms with van der Waals surface area (Å²) >= 11 is 0. The van der Waals surface area contributed by atoms with Gasteiger partial charge in [0.25, 0.3) is 0 Å². The number of hydrogen-bond donors (Lipinski definition) is 0. The van der Waals surface area contributed by atoms with Crippen molar-refractivity contribution in [2.45, 2.75) is 89.6 Å². The molecule has 5 heteroatoms. The Kier molecular flexibility index (Phi) is 11.1. The van der Waals surface area contributed by atoms with Crippen LogP contribution in [-0.2, 0) is 5.41 Å². The van der Waals surface area contributed by atoms with Crippen LogP contribution in [0.3, 0.4) is 0 Å². The van der Waals surface area contributed by atoms with Gasteiger partial charge in [0.05, 0.1) is 12.0 Å². The molecule has 0 N–H and O–H groups in total. The minimum absolute atomic E-state index is 0.345. The van der Waals surface area contributed by atoms with Crippen LogP contribution >= 0.6 is 0 Å². The molecule has 0 fully saturated rings. The molecule has 3 rings (SSSR count). The van der Waals surface area contributed by atoms with Gasteiger partial charge in [-0.2, -0.15) is 0 Å². The van der Waals surface area contributed by atoms with E-state index in [-0.39, 0.29) is 0 Å². The van der Waals surface area contributed by atoms with Gasteiger partial charge in [-0.25, -0.2) is 18.7 Å². The van der Waals surface area contributed by atoms with E-state index in [0.717, 1.165) is 43.6 Å². The SMILES string of the molecule is CCCCCCCCOc1ccc(C#Cc2ncc(C3(CCCCC)C=CC=C(F)C3F)cn2)cc1. The van der Waals surface area contributed by atoms with Gasteiger partial charge in [0, 0.05) is 23.5 Å². The summed E-state index contributed by atoms with van der Waals surface area (Å²) in [6.45, 7) is 5.04. The summed E-state index contributed by atoms with van der Waals surface area (Å²) in [4.78, 5) is 8.69. The second kappa shape index (κ2) is 14.5. The van der Waals surface area contributed by atoms with Crippen molar-refractivity contribution >= 4 is 0 Å². The van der Waals surface area contributed by atoms with Gasteiger partial charge < -0.3 is 4.74 Å². The molecule has 2 atom stereocenters. The highest BCUT2D eigenvalue weighted by molar-refractivity contribution is 5.42. The number of ether oxygens (including phenoxy) is 1. The zero-order valence-corrected chi connectivity index (χ0v) is 21.6. The van der Waals surface area contributed by atoms with E-state index < -0.39 is 17.4 Å². The summed E-state index contributed by atoms with van der Waals surface area (Å²) in [5.74, 6) is 6.45. The average molecular weight is 493 g/mol.